The molecule has 0 amide bonds. The summed E-state index contributed by atoms with van der Waals surface area (Å²) < 4.78 is 1.03. The zero-order chi connectivity index (χ0) is 11.7. The van der Waals surface area contributed by atoms with E-state index in [1.54, 1.807) is 30.3 Å². The Hall–Kier alpha value is -2.50. The van der Waals surface area contributed by atoms with Gasteiger partial charge in [0.25, 0.3) is 0 Å². The van der Waals surface area contributed by atoms with Crippen LogP contribution in [0.25, 0.3) is 5.69 Å². The molecule has 6 heteroatoms. The molecule has 1 aromatic carbocycles. The molecule has 6 nitrogen and oxygen atoms in total. The van der Waals surface area contributed by atoms with Gasteiger partial charge in [-0.25, -0.2) is 9.59 Å². The van der Waals surface area contributed by atoms with E-state index in [9.17, 15) is 9.59 Å². The van der Waals surface area contributed by atoms with E-state index in [4.69, 9.17) is 10.8 Å². The largest absolute Gasteiger partial charge is 0.476 e. The Morgan fingerprint density at radius 1 is 1.31 bits per heavy atom. The minimum atomic E-state index is -1.25. The van der Waals surface area contributed by atoms with Crippen LogP contribution < -0.4 is 11.4 Å². The summed E-state index contributed by atoms with van der Waals surface area (Å²) in [4.78, 5) is 24.8. The van der Waals surface area contributed by atoms with Gasteiger partial charge in [-0.1, -0.05) is 18.2 Å². The molecule has 0 bridgehead atoms. The molecule has 1 aromatic heterocycles. The molecule has 2 rings (SSSR count). The lowest BCUT2D eigenvalue weighted by Gasteiger charge is -2.03. The summed E-state index contributed by atoms with van der Waals surface area (Å²) in [5, 5.41) is 8.96. The molecular weight excluding hydrogens is 210 g/mol. The lowest BCUT2D eigenvalue weighted by Crippen LogP contribution is -2.19. The Labute approximate surface area is 89.9 Å². The van der Waals surface area contributed by atoms with Crippen LogP contribution in [-0.4, -0.2) is 20.6 Å². The van der Waals surface area contributed by atoms with Gasteiger partial charge in [0, 0.05) is 0 Å². The first kappa shape index (κ1) is 10.0. The van der Waals surface area contributed by atoms with Gasteiger partial charge < -0.3 is 10.8 Å². The SMILES string of the molecule is Nc1[nH]c(=O)n(-c2ccccc2)c1C(=O)O. The highest BCUT2D eigenvalue weighted by Gasteiger charge is 2.19. The number of nitrogens with one attached hydrogen (secondary N) is 1. The monoisotopic (exact) mass is 219 g/mol. The van der Waals surface area contributed by atoms with Crippen LogP contribution in [0.4, 0.5) is 5.82 Å². The summed E-state index contributed by atoms with van der Waals surface area (Å²) in [7, 11) is 0. The maximum Gasteiger partial charge on any atom is 0.356 e. The summed E-state index contributed by atoms with van der Waals surface area (Å²) in [5.41, 5.74) is 5.06. The first-order valence-corrected chi connectivity index (χ1v) is 4.50. The van der Waals surface area contributed by atoms with Crippen molar-refractivity contribution in [3.05, 3.63) is 46.5 Å². The van der Waals surface area contributed by atoms with Crippen molar-refractivity contribution in [2.75, 3.05) is 5.73 Å². The number of H-pyrrole nitrogens is 1. The van der Waals surface area contributed by atoms with Crippen molar-refractivity contribution < 1.29 is 9.90 Å². The summed E-state index contributed by atoms with van der Waals surface area (Å²) in [6, 6.07) is 8.43. The van der Waals surface area contributed by atoms with E-state index in [0.29, 0.717) is 5.69 Å². The van der Waals surface area contributed by atoms with Crippen LogP contribution in [0.3, 0.4) is 0 Å². The number of hydrogen-bond donors (Lipinski definition) is 3. The molecule has 0 atom stereocenters. The van der Waals surface area contributed by atoms with Gasteiger partial charge in [0.05, 0.1) is 5.69 Å². The van der Waals surface area contributed by atoms with Gasteiger partial charge >= 0.3 is 11.7 Å². The maximum absolute atomic E-state index is 11.5. The summed E-state index contributed by atoms with van der Waals surface area (Å²) in [5.74, 6) is -1.40. The molecule has 0 saturated heterocycles. The Morgan fingerprint density at radius 2 is 1.94 bits per heavy atom. The van der Waals surface area contributed by atoms with Crippen molar-refractivity contribution in [1.82, 2.24) is 9.55 Å². The number of nitrogens with zero attached hydrogens (tertiary/aromatic N) is 1. The maximum atomic E-state index is 11.5. The zero-order valence-electron chi connectivity index (χ0n) is 8.18. The van der Waals surface area contributed by atoms with Crippen LogP contribution >= 0.6 is 0 Å². The number of carbonyl (C=O) groups is 1. The second kappa shape index (κ2) is 3.58. The van der Waals surface area contributed by atoms with E-state index < -0.39 is 11.7 Å². The van der Waals surface area contributed by atoms with E-state index in [-0.39, 0.29) is 11.5 Å². The van der Waals surface area contributed by atoms with Crippen LogP contribution in [0.2, 0.25) is 0 Å². The van der Waals surface area contributed by atoms with Crippen molar-refractivity contribution >= 4 is 11.8 Å². The fraction of sp³-hybridized carbons (Fsp3) is 0. The predicted octanol–water partition coefficient (Wildman–Crippen LogP) is 0.446. The number of nitrogens with two attached hydrogens (primary N) is 1. The van der Waals surface area contributed by atoms with E-state index in [2.05, 4.69) is 4.98 Å². The molecule has 82 valence electrons. The van der Waals surface area contributed by atoms with Crippen molar-refractivity contribution in [1.29, 1.82) is 0 Å². The number of aromatic nitrogens is 2. The minimum Gasteiger partial charge on any atom is -0.476 e. The number of hydrogen-bond acceptors (Lipinski definition) is 3. The molecule has 0 radical (unpaired) electrons. The van der Waals surface area contributed by atoms with Crippen LogP contribution in [0.5, 0.6) is 0 Å². The van der Waals surface area contributed by atoms with Crippen LogP contribution in [0.1, 0.15) is 10.5 Å². The van der Waals surface area contributed by atoms with Crippen molar-refractivity contribution in [3.63, 3.8) is 0 Å². The Balaban J connectivity index is 2.75. The lowest BCUT2D eigenvalue weighted by atomic mass is 10.3. The number of imidazole rings is 1. The molecule has 0 aliphatic carbocycles. The Bertz CT molecular complexity index is 583. The van der Waals surface area contributed by atoms with Gasteiger partial charge in [-0.3, -0.25) is 9.55 Å². The molecule has 2 aromatic rings. The Kier molecular flexibility index (Phi) is 2.24. The van der Waals surface area contributed by atoms with Crippen molar-refractivity contribution in [3.8, 4) is 5.69 Å². The number of benzene rings is 1. The van der Waals surface area contributed by atoms with Crippen LogP contribution in [0.15, 0.2) is 35.1 Å². The minimum absolute atomic E-state index is 0.152. The number of para-hydroxylation sites is 1. The summed E-state index contributed by atoms with van der Waals surface area (Å²) in [6.45, 7) is 0. The van der Waals surface area contributed by atoms with E-state index in [0.717, 1.165) is 4.57 Å². The molecule has 0 aliphatic rings. The molecular formula is C10H9N3O3. The third-order valence-corrected chi connectivity index (χ3v) is 2.14. The van der Waals surface area contributed by atoms with E-state index in [1.807, 2.05) is 0 Å². The van der Waals surface area contributed by atoms with Gasteiger partial charge in [0.1, 0.15) is 5.82 Å². The highest BCUT2D eigenvalue weighted by atomic mass is 16.4. The molecule has 0 spiro atoms. The van der Waals surface area contributed by atoms with Gasteiger partial charge in [0.15, 0.2) is 5.69 Å². The third kappa shape index (κ3) is 1.46. The molecule has 0 aliphatic heterocycles. The second-order valence-corrected chi connectivity index (χ2v) is 3.17. The molecule has 16 heavy (non-hydrogen) atoms. The third-order valence-electron chi connectivity index (χ3n) is 2.14. The Morgan fingerprint density at radius 3 is 2.50 bits per heavy atom. The smallest absolute Gasteiger partial charge is 0.356 e. The van der Waals surface area contributed by atoms with Gasteiger partial charge in [0.2, 0.25) is 0 Å². The van der Waals surface area contributed by atoms with Gasteiger partial charge in [-0.2, -0.15) is 0 Å². The number of carboxylic acid groups (broad SMARTS) is 1. The van der Waals surface area contributed by atoms with Crippen LogP contribution in [-0.2, 0) is 0 Å². The quantitative estimate of drug-likeness (QED) is 0.682. The number of anilines is 1. The average Bonchev–Trinajstić information content (AvgIpc) is 2.55. The molecule has 0 unspecified atom stereocenters. The average molecular weight is 219 g/mol. The first-order chi connectivity index (χ1) is 7.61. The normalized spacial score (nSPS) is 10.2. The van der Waals surface area contributed by atoms with Crippen LogP contribution in [0, 0.1) is 0 Å². The second-order valence-electron chi connectivity index (χ2n) is 3.17. The summed E-state index contributed by atoms with van der Waals surface area (Å²) >= 11 is 0. The fourth-order valence-electron chi connectivity index (χ4n) is 1.49. The molecule has 0 fully saturated rings. The fourth-order valence-corrected chi connectivity index (χ4v) is 1.49. The lowest BCUT2D eigenvalue weighted by molar-refractivity contribution is 0.0689. The zero-order valence-corrected chi connectivity index (χ0v) is 8.18. The van der Waals surface area contributed by atoms with Crippen molar-refractivity contribution in [2.24, 2.45) is 0 Å². The molecule has 0 saturated carbocycles. The number of nitrogen functional groups attached to an aromatic ring is 1. The number of carboxylic acids is 1. The van der Waals surface area contributed by atoms with Gasteiger partial charge in [-0.05, 0) is 12.1 Å². The first-order valence-electron chi connectivity index (χ1n) is 4.50. The number of aromatic carboxylic acids is 1. The molecule has 4 N–H and O–H groups in total. The van der Waals surface area contributed by atoms with E-state index in [1.165, 1.54) is 0 Å². The highest BCUT2D eigenvalue weighted by Crippen LogP contribution is 2.12. The highest BCUT2D eigenvalue weighted by molar-refractivity contribution is 5.91. The van der Waals surface area contributed by atoms with E-state index >= 15 is 0 Å². The standard InChI is InChI=1S/C10H9N3O3/c11-8-7(9(14)15)13(10(16)12-8)6-4-2-1-3-5-6/h1-5H,11H2,(H,12,16)(H,14,15). The predicted molar refractivity (Wildman–Crippen MR) is 57.8 cm³/mol. The topological polar surface area (TPSA) is 101 Å². The molecule has 1 heterocycles. The van der Waals surface area contributed by atoms with Gasteiger partial charge in [-0.15, -0.1) is 0 Å². The number of aromatic amines is 1. The summed E-state index contributed by atoms with van der Waals surface area (Å²) in [6.07, 6.45) is 0. The van der Waals surface area contributed by atoms with Crippen molar-refractivity contribution in [2.45, 2.75) is 0 Å². The number of rotatable bonds is 2.